The van der Waals surface area contributed by atoms with Crippen LogP contribution in [0.5, 0.6) is 0 Å². The van der Waals surface area contributed by atoms with Crippen molar-refractivity contribution < 1.29 is 19.7 Å². The smallest absolute Gasteiger partial charge is 0.407 e. The van der Waals surface area contributed by atoms with Crippen LogP contribution < -0.4 is 5.32 Å². The van der Waals surface area contributed by atoms with Crippen LogP contribution in [0.25, 0.3) is 0 Å². The lowest BCUT2D eigenvalue weighted by molar-refractivity contribution is 0.117. The van der Waals surface area contributed by atoms with E-state index in [1.807, 2.05) is 24.3 Å². The monoisotopic (exact) mass is 255 g/mol. The van der Waals surface area contributed by atoms with Gasteiger partial charge in [0, 0.05) is 19.1 Å². The van der Waals surface area contributed by atoms with E-state index in [1.165, 1.54) is 0 Å². The van der Waals surface area contributed by atoms with Gasteiger partial charge < -0.3 is 20.3 Å². The zero-order valence-electron chi connectivity index (χ0n) is 10.4. The van der Waals surface area contributed by atoms with Gasteiger partial charge in [-0.2, -0.15) is 0 Å². The van der Waals surface area contributed by atoms with Crippen LogP contribution in [-0.4, -0.2) is 42.2 Å². The molecule has 1 aliphatic carbocycles. The molecular formula is C13H21NO4. The number of allylic oxidation sites excluding steroid dienone is 3. The Labute approximate surface area is 107 Å². The number of hydrogen-bond acceptors (Lipinski definition) is 4. The molecule has 18 heavy (non-hydrogen) atoms. The van der Waals surface area contributed by atoms with Gasteiger partial charge in [-0.05, 0) is 19.3 Å². The van der Waals surface area contributed by atoms with Gasteiger partial charge in [0.05, 0.1) is 12.7 Å². The molecular weight excluding hydrogens is 234 g/mol. The third-order valence-corrected chi connectivity index (χ3v) is 2.71. The molecule has 0 aliphatic heterocycles. The van der Waals surface area contributed by atoms with Crippen molar-refractivity contribution in [2.75, 3.05) is 19.8 Å². The highest BCUT2D eigenvalue weighted by Gasteiger charge is 2.09. The lowest BCUT2D eigenvalue weighted by atomic mass is 10.0. The second-order valence-electron chi connectivity index (χ2n) is 4.29. The van der Waals surface area contributed by atoms with Crippen molar-refractivity contribution in [2.24, 2.45) is 5.92 Å². The van der Waals surface area contributed by atoms with Crippen molar-refractivity contribution >= 4 is 6.09 Å². The van der Waals surface area contributed by atoms with E-state index in [4.69, 9.17) is 9.84 Å². The van der Waals surface area contributed by atoms with Crippen LogP contribution in [0.1, 0.15) is 19.3 Å². The third-order valence-electron chi connectivity index (χ3n) is 2.71. The van der Waals surface area contributed by atoms with Crippen LogP contribution in [0.2, 0.25) is 0 Å². The lowest BCUT2D eigenvalue weighted by Crippen LogP contribution is -2.29. The van der Waals surface area contributed by atoms with Crippen LogP contribution in [0.15, 0.2) is 24.3 Å². The molecule has 102 valence electrons. The molecule has 5 nitrogen and oxygen atoms in total. The minimum absolute atomic E-state index is 0.0485. The van der Waals surface area contributed by atoms with E-state index < -0.39 is 12.2 Å². The molecule has 1 amide bonds. The number of nitrogens with one attached hydrogen (secondary N) is 1. The van der Waals surface area contributed by atoms with Gasteiger partial charge in [-0.1, -0.05) is 24.3 Å². The van der Waals surface area contributed by atoms with E-state index in [1.54, 1.807) is 0 Å². The summed E-state index contributed by atoms with van der Waals surface area (Å²) < 4.78 is 5.06. The van der Waals surface area contributed by atoms with Gasteiger partial charge >= 0.3 is 6.09 Å². The van der Waals surface area contributed by atoms with Crippen LogP contribution >= 0.6 is 0 Å². The van der Waals surface area contributed by atoms with Crippen molar-refractivity contribution in [2.45, 2.75) is 25.4 Å². The molecule has 0 heterocycles. The van der Waals surface area contributed by atoms with Gasteiger partial charge in [-0.3, -0.25) is 0 Å². The van der Waals surface area contributed by atoms with Gasteiger partial charge in [0.25, 0.3) is 0 Å². The lowest BCUT2D eigenvalue weighted by Gasteiger charge is -2.14. The maximum atomic E-state index is 11.3. The Hall–Kier alpha value is -1.33. The Morgan fingerprint density at radius 3 is 2.94 bits per heavy atom. The van der Waals surface area contributed by atoms with E-state index in [0.29, 0.717) is 26.0 Å². The number of carbonyl (C=O) groups excluding carboxylic acids is 1. The number of ether oxygens (including phenoxy) is 1. The zero-order chi connectivity index (χ0) is 13.2. The molecule has 0 saturated heterocycles. The molecule has 1 unspecified atom stereocenters. The first-order chi connectivity index (χ1) is 8.72. The Bertz CT molecular complexity index is 301. The van der Waals surface area contributed by atoms with Gasteiger partial charge in [0.1, 0.15) is 0 Å². The molecule has 0 radical (unpaired) electrons. The second-order valence-corrected chi connectivity index (χ2v) is 4.29. The summed E-state index contributed by atoms with van der Waals surface area (Å²) in [6, 6.07) is 0. The van der Waals surface area contributed by atoms with Crippen LogP contribution in [-0.2, 0) is 4.74 Å². The minimum Gasteiger partial charge on any atom is -0.449 e. The van der Waals surface area contributed by atoms with Crippen LogP contribution in [0, 0.1) is 5.92 Å². The number of carbonyl (C=O) groups is 1. The molecule has 0 saturated carbocycles. The zero-order valence-corrected chi connectivity index (χ0v) is 10.4. The highest BCUT2D eigenvalue weighted by molar-refractivity contribution is 5.67. The summed E-state index contributed by atoms with van der Waals surface area (Å²) >= 11 is 0. The minimum atomic E-state index is -0.582. The molecule has 2 atom stereocenters. The number of alkyl carbamates (subject to hydrolysis) is 1. The van der Waals surface area contributed by atoms with E-state index in [0.717, 1.165) is 6.42 Å². The average molecular weight is 255 g/mol. The van der Waals surface area contributed by atoms with Crippen LogP contribution in [0.3, 0.4) is 0 Å². The predicted octanol–water partition coefficient (Wildman–Crippen LogP) is 0.978. The summed E-state index contributed by atoms with van der Waals surface area (Å²) in [5.74, 6) is 0.251. The second kappa shape index (κ2) is 8.72. The predicted molar refractivity (Wildman–Crippen MR) is 68.1 cm³/mol. The summed E-state index contributed by atoms with van der Waals surface area (Å²) in [4.78, 5) is 11.3. The summed E-state index contributed by atoms with van der Waals surface area (Å²) in [6.45, 7) is 0.666. The quantitative estimate of drug-likeness (QED) is 0.633. The Kier molecular flexibility index (Phi) is 7.13. The molecule has 1 rings (SSSR count). The van der Waals surface area contributed by atoms with E-state index >= 15 is 0 Å². The Balaban J connectivity index is 2.03. The molecule has 1 aliphatic rings. The van der Waals surface area contributed by atoms with Crippen molar-refractivity contribution in [3.63, 3.8) is 0 Å². The van der Waals surface area contributed by atoms with E-state index in [2.05, 4.69) is 5.32 Å². The van der Waals surface area contributed by atoms with Crippen molar-refractivity contribution in [3.8, 4) is 0 Å². The highest BCUT2D eigenvalue weighted by Crippen LogP contribution is 2.11. The maximum absolute atomic E-state index is 11.3. The van der Waals surface area contributed by atoms with E-state index in [9.17, 15) is 9.90 Å². The molecule has 3 N–H and O–H groups in total. The average Bonchev–Trinajstić information content (AvgIpc) is 2.38. The molecule has 5 heteroatoms. The van der Waals surface area contributed by atoms with Gasteiger partial charge in [0.15, 0.2) is 0 Å². The first kappa shape index (κ1) is 14.7. The summed E-state index contributed by atoms with van der Waals surface area (Å²) in [5.41, 5.74) is 0. The fourth-order valence-corrected chi connectivity index (χ4v) is 1.62. The standard InChI is InChI=1S/C13H21NO4/c15-9-7-12(16)6-8-14-13(17)18-10-11-4-2-1-3-5-11/h1-4,11-12,15-16H,5-10H2,(H,14,17)/t11?,12-/m0/s1. The van der Waals surface area contributed by atoms with Crippen molar-refractivity contribution in [1.82, 2.24) is 5.32 Å². The SMILES string of the molecule is O=C(NCC[C@H](O)CCO)OCC1C=CC=CC1. The molecule has 0 aromatic rings. The number of rotatable bonds is 7. The maximum Gasteiger partial charge on any atom is 0.407 e. The number of aliphatic hydroxyl groups is 2. The third kappa shape index (κ3) is 6.42. The Morgan fingerprint density at radius 2 is 2.28 bits per heavy atom. The normalized spacial score (nSPS) is 19.6. The number of amides is 1. The van der Waals surface area contributed by atoms with Crippen molar-refractivity contribution in [3.05, 3.63) is 24.3 Å². The van der Waals surface area contributed by atoms with E-state index in [-0.39, 0.29) is 12.5 Å². The first-order valence-electron chi connectivity index (χ1n) is 6.25. The largest absolute Gasteiger partial charge is 0.449 e. The molecule has 0 fully saturated rings. The highest BCUT2D eigenvalue weighted by atomic mass is 16.5. The summed E-state index contributed by atoms with van der Waals surface area (Å²) in [6.07, 6.45) is 8.56. The first-order valence-corrected chi connectivity index (χ1v) is 6.25. The van der Waals surface area contributed by atoms with Gasteiger partial charge in [0.2, 0.25) is 0 Å². The van der Waals surface area contributed by atoms with Crippen molar-refractivity contribution in [1.29, 1.82) is 0 Å². The van der Waals surface area contributed by atoms with Gasteiger partial charge in [-0.15, -0.1) is 0 Å². The molecule has 0 aromatic heterocycles. The summed E-state index contributed by atoms with van der Waals surface area (Å²) in [7, 11) is 0. The fraction of sp³-hybridized carbons (Fsp3) is 0.615. The van der Waals surface area contributed by atoms with Crippen LogP contribution in [0.4, 0.5) is 4.79 Å². The number of aliphatic hydroxyl groups excluding tert-OH is 2. The number of hydrogen-bond donors (Lipinski definition) is 3. The molecule has 0 spiro atoms. The topological polar surface area (TPSA) is 78.8 Å². The molecule has 0 aromatic carbocycles. The Morgan fingerprint density at radius 1 is 1.44 bits per heavy atom. The summed E-state index contributed by atoms with van der Waals surface area (Å²) in [5, 5.41) is 20.5. The fourth-order valence-electron chi connectivity index (χ4n) is 1.62. The molecule has 0 bridgehead atoms. The van der Waals surface area contributed by atoms with Gasteiger partial charge in [-0.25, -0.2) is 4.79 Å².